The molecule has 1 aliphatic rings. The second kappa shape index (κ2) is 5.93. The van der Waals surface area contributed by atoms with Gasteiger partial charge in [-0.15, -0.1) is 12.4 Å². The van der Waals surface area contributed by atoms with Crippen LogP contribution in [0.3, 0.4) is 0 Å². The smallest absolute Gasteiger partial charge is 0.317 e. The van der Waals surface area contributed by atoms with Crippen molar-refractivity contribution in [1.29, 1.82) is 0 Å². The van der Waals surface area contributed by atoms with E-state index in [0.29, 0.717) is 11.1 Å². The fraction of sp³-hybridized carbons (Fsp3) is 0.538. The second-order valence-electron chi connectivity index (χ2n) is 4.61. The van der Waals surface area contributed by atoms with E-state index in [4.69, 9.17) is 0 Å². The molecular formula is C13H17ClF3N. The van der Waals surface area contributed by atoms with Crippen LogP contribution in [0.25, 0.3) is 0 Å². The van der Waals surface area contributed by atoms with E-state index in [-0.39, 0.29) is 18.3 Å². The summed E-state index contributed by atoms with van der Waals surface area (Å²) in [6.07, 6.45) is -2.68. The number of alkyl halides is 3. The quantitative estimate of drug-likeness (QED) is 0.822. The molecule has 1 nitrogen and oxygen atoms in total. The minimum absolute atomic E-state index is 0. The molecule has 1 fully saturated rings. The first kappa shape index (κ1) is 15.3. The van der Waals surface area contributed by atoms with Crippen molar-refractivity contribution in [3.63, 3.8) is 0 Å². The molecule has 0 radical (unpaired) electrons. The van der Waals surface area contributed by atoms with Crippen molar-refractivity contribution in [2.24, 2.45) is 0 Å². The average Bonchev–Trinajstić information content (AvgIpc) is 2.29. The zero-order valence-corrected chi connectivity index (χ0v) is 11.0. The molecule has 102 valence electrons. The van der Waals surface area contributed by atoms with Gasteiger partial charge < -0.3 is 5.32 Å². The first-order valence-corrected chi connectivity index (χ1v) is 5.87. The van der Waals surface area contributed by atoms with E-state index < -0.39 is 11.7 Å². The highest BCUT2D eigenvalue weighted by Crippen LogP contribution is 2.38. The van der Waals surface area contributed by atoms with Gasteiger partial charge in [0.15, 0.2) is 0 Å². The molecule has 0 saturated carbocycles. The van der Waals surface area contributed by atoms with Gasteiger partial charge in [0.05, 0.1) is 5.56 Å². The monoisotopic (exact) mass is 279 g/mol. The third-order valence-electron chi connectivity index (χ3n) is 3.29. The predicted molar refractivity (Wildman–Crippen MR) is 68.3 cm³/mol. The fourth-order valence-corrected chi connectivity index (χ4v) is 2.40. The van der Waals surface area contributed by atoms with Crippen molar-refractivity contribution < 1.29 is 13.2 Å². The lowest BCUT2D eigenvalue weighted by atomic mass is 9.86. The molecule has 0 atom stereocenters. The Labute approximate surface area is 111 Å². The number of benzene rings is 1. The second-order valence-corrected chi connectivity index (χ2v) is 4.61. The van der Waals surface area contributed by atoms with Crippen LogP contribution >= 0.6 is 12.4 Å². The van der Waals surface area contributed by atoms with Gasteiger partial charge in [-0.25, -0.2) is 0 Å². The summed E-state index contributed by atoms with van der Waals surface area (Å²) in [5.74, 6) is 0.0356. The molecule has 0 aromatic heterocycles. The molecule has 1 aromatic carbocycles. The number of halogens is 4. The summed E-state index contributed by atoms with van der Waals surface area (Å²) in [5.41, 5.74) is 0.670. The number of hydrogen-bond donors (Lipinski definition) is 1. The summed E-state index contributed by atoms with van der Waals surface area (Å²) in [6, 6.07) is 4.68. The van der Waals surface area contributed by atoms with Gasteiger partial charge in [-0.2, -0.15) is 13.2 Å². The largest absolute Gasteiger partial charge is 0.416 e. The Morgan fingerprint density at radius 1 is 1.17 bits per heavy atom. The molecule has 0 unspecified atom stereocenters. The van der Waals surface area contributed by atoms with Crippen LogP contribution in [0.5, 0.6) is 0 Å². The van der Waals surface area contributed by atoms with Crippen LogP contribution in [0.15, 0.2) is 18.2 Å². The molecule has 2 rings (SSSR count). The lowest BCUT2D eigenvalue weighted by molar-refractivity contribution is -0.138. The zero-order chi connectivity index (χ0) is 12.5. The molecule has 0 bridgehead atoms. The fourth-order valence-electron chi connectivity index (χ4n) is 2.40. The van der Waals surface area contributed by atoms with E-state index in [1.807, 2.05) is 0 Å². The van der Waals surface area contributed by atoms with Gasteiger partial charge in [-0.3, -0.25) is 0 Å². The summed E-state index contributed by atoms with van der Waals surface area (Å²) in [7, 11) is 0. The van der Waals surface area contributed by atoms with Gasteiger partial charge >= 0.3 is 6.18 Å². The van der Waals surface area contributed by atoms with Crippen LogP contribution in [0.1, 0.15) is 35.4 Å². The lowest BCUT2D eigenvalue weighted by Crippen LogP contribution is -2.27. The van der Waals surface area contributed by atoms with Gasteiger partial charge in [0.25, 0.3) is 0 Å². The summed E-state index contributed by atoms with van der Waals surface area (Å²) >= 11 is 0. The Kier molecular flexibility index (Phi) is 5.05. The van der Waals surface area contributed by atoms with Crippen molar-refractivity contribution >= 4 is 12.4 Å². The van der Waals surface area contributed by atoms with Crippen LogP contribution in [0.2, 0.25) is 0 Å². The maximum atomic E-state index is 13.0. The molecule has 1 heterocycles. The van der Waals surface area contributed by atoms with Crippen LogP contribution in [0, 0.1) is 6.92 Å². The minimum atomic E-state index is -4.24. The van der Waals surface area contributed by atoms with Gasteiger partial charge in [0, 0.05) is 0 Å². The van der Waals surface area contributed by atoms with Gasteiger partial charge in [-0.1, -0.05) is 17.7 Å². The maximum Gasteiger partial charge on any atom is 0.416 e. The lowest BCUT2D eigenvalue weighted by Gasteiger charge is -2.26. The zero-order valence-electron chi connectivity index (χ0n) is 10.2. The summed E-state index contributed by atoms with van der Waals surface area (Å²) < 4.78 is 38.9. The van der Waals surface area contributed by atoms with E-state index in [0.717, 1.165) is 25.9 Å². The number of nitrogens with one attached hydrogen (secondary N) is 1. The Hall–Kier alpha value is -0.740. The summed E-state index contributed by atoms with van der Waals surface area (Å²) in [5, 5.41) is 3.17. The Morgan fingerprint density at radius 3 is 2.33 bits per heavy atom. The Balaban J connectivity index is 0.00000162. The average molecular weight is 280 g/mol. The Bertz CT molecular complexity index is 398. The molecule has 0 amide bonds. The first-order valence-electron chi connectivity index (χ1n) is 5.87. The van der Waals surface area contributed by atoms with Crippen molar-refractivity contribution in [3.8, 4) is 0 Å². The summed E-state index contributed by atoms with van der Waals surface area (Å²) in [6.45, 7) is 3.30. The molecule has 5 heteroatoms. The number of aryl methyl sites for hydroxylation is 1. The summed E-state index contributed by atoms with van der Waals surface area (Å²) in [4.78, 5) is 0. The highest BCUT2D eigenvalue weighted by Gasteiger charge is 2.35. The van der Waals surface area contributed by atoms with Crippen molar-refractivity contribution in [2.75, 3.05) is 13.1 Å². The topological polar surface area (TPSA) is 12.0 Å². The minimum Gasteiger partial charge on any atom is -0.317 e. The van der Waals surface area contributed by atoms with Crippen molar-refractivity contribution in [3.05, 3.63) is 34.9 Å². The van der Waals surface area contributed by atoms with E-state index in [1.54, 1.807) is 19.1 Å². The van der Waals surface area contributed by atoms with Crippen molar-refractivity contribution in [2.45, 2.75) is 31.9 Å². The van der Waals surface area contributed by atoms with E-state index in [9.17, 15) is 13.2 Å². The molecule has 0 aliphatic carbocycles. The van der Waals surface area contributed by atoms with Crippen LogP contribution < -0.4 is 5.32 Å². The maximum absolute atomic E-state index is 13.0. The van der Waals surface area contributed by atoms with Crippen LogP contribution in [0.4, 0.5) is 13.2 Å². The van der Waals surface area contributed by atoms with E-state index in [1.165, 1.54) is 6.07 Å². The van der Waals surface area contributed by atoms with Crippen LogP contribution in [-0.2, 0) is 6.18 Å². The highest BCUT2D eigenvalue weighted by molar-refractivity contribution is 5.85. The van der Waals surface area contributed by atoms with Crippen LogP contribution in [-0.4, -0.2) is 13.1 Å². The van der Waals surface area contributed by atoms with E-state index in [2.05, 4.69) is 5.32 Å². The number of rotatable bonds is 1. The number of hydrogen-bond acceptors (Lipinski definition) is 1. The van der Waals surface area contributed by atoms with Gasteiger partial charge in [0.2, 0.25) is 0 Å². The van der Waals surface area contributed by atoms with Crippen molar-refractivity contribution in [1.82, 2.24) is 5.32 Å². The third kappa shape index (κ3) is 3.39. The molecule has 18 heavy (non-hydrogen) atoms. The SMILES string of the molecule is Cc1ccc(C2CCNCC2)c(C(F)(F)F)c1.Cl. The predicted octanol–water partition coefficient (Wildman–Crippen LogP) is 3.90. The Morgan fingerprint density at radius 2 is 1.78 bits per heavy atom. The normalized spacial score (nSPS) is 17.3. The third-order valence-corrected chi connectivity index (χ3v) is 3.29. The molecule has 1 aliphatic heterocycles. The molecular weight excluding hydrogens is 263 g/mol. The first-order chi connectivity index (χ1) is 7.98. The highest BCUT2D eigenvalue weighted by atomic mass is 35.5. The number of piperidine rings is 1. The molecule has 1 aromatic rings. The standard InChI is InChI=1S/C13H16F3N.ClH/c1-9-2-3-11(10-4-6-17-7-5-10)12(8-9)13(14,15)16;/h2-3,8,10,17H,4-7H2,1H3;1H. The molecule has 1 N–H and O–H groups in total. The van der Waals surface area contributed by atoms with Gasteiger partial charge in [0.1, 0.15) is 0 Å². The molecule has 0 spiro atoms. The van der Waals surface area contributed by atoms with Gasteiger partial charge in [-0.05, 0) is 50.4 Å². The van der Waals surface area contributed by atoms with E-state index >= 15 is 0 Å². The molecule has 1 saturated heterocycles.